The number of amides is 3. The Morgan fingerprint density at radius 2 is 1.89 bits per heavy atom. The van der Waals surface area contributed by atoms with E-state index in [2.05, 4.69) is 17.6 Å². The van der Waals surface area contributed by atoms with Crippen molar-refractivity contribution in [1.82, 2.24) is 10.6 Å². The summed E-state index contributed by atoms with van der Waals surface area (Å²) >= 11 is 0. The van der Waals surface area contributed by atoms with Gasteiger partial charge in [0.25, 0.3) is 0 Å². The largest absolute Gasteiger partial charge is 0.481 e. The monoisotopic (exact) mass is 256 g/mol. The molecule has 0 aromatic rings. The predicted molar refractivity (Wildman–Crippen MR) is 65.0 cm³/mol. The first-order chi connectivity index (χ1) is 8.47. The summed E-state index contributed by atoms with van der Waals surface area (Å²) in [6.07, 6.45) is 3.96. The summed E-state index contributed by atoms with van der Waals surface area (Å²) < 4.78 is 0. The lowest BCUT2D eigenvalue weighted by Gasteiger charge is -2.14. The fraction of sp³-hybridized carbons (Fsp3) is 0.750. The van der Waals surface area contributed by atoms with E-state index in [0.29, 0.717) is 6.54 Å². The molecular weight excluding hydrogens is 236 g/mol. The number of carbonyl (C=O) groups is 3. The van der Waals surface area contributed by atoms with Crippen molar-refractivity contribution < 1.29 is 19.5 Å². The molecule has 102 valence electrons. The summed E-state index contributed by atoms with van der Waals surface area (Å²) in [6, 6.07) is -0.534. The van der Waals surface area contributed by atoms with Crippen LogP contribution < -0.4 is 10.6 Å². The molecule has 0 aromatic carbocycles. The van der Waals surface area contributed by atoms with Gasteiger partial charge in [0, 0.05) is 13.0 Å². The molecule has 0 unspecified atom stereocenters. The van der Waals surface area contributed by atoms with Gasteiger partial charge in [0.2, 0.25) is 5.91 Å². The van der Waals surface area contributed by atoms with Crippen LogP contribution in [0.2, 0.25) is 0 Å². The van der Waals surface area contributed by atoms with Crippen LogP contribution in [-0.4, -0.2) is 29.6 Å². The molecule has 0 spiro atoms. The zero-order chi connectivity index (χ0) is 13.6. The van der Waals surface area contributed by atoms with Gasteiger partial charge in [-0.25, -0.2) is 4.79 Å². The van der Waals surface area contributed by atoms with Crippen molar-refractivity contribution in [3.05, 3.63) is 0 Å². The standard InChI is InChI=1S/C12H20N2O4/c1-2-5-12(6-7-12)8-13-11(18)14-9(15)3-4-10(16)17/h2-8H2,1H3,(H,16,17)(H2,13,14,15,18). The number of carboxylic acids is 1. The van der Waals surface area contributed by atoms with Crippen molar-refractivity contribution >= 4 is 17.9 Å². The zero-order valence-corrected chi connectivity index (χ0v) is 10.6. The Kier molecular flexibility index (Phi) is 5.12. The number of carboxylic acid groups (broad SMARTS) is 1. The van der Waals surface area contributed by atoms with E-state index in [1.165, 1.54) is 0 Å². The van der Waals surface area contributed by atoms with Crippen LogP contribution in [0.5, 0.6) is 0 Å². The molecular formula is C12H20N2O4. The highest BCUT2D eigenvalue weighted by atomic mass is 16.4. The van der Waals surface area contributed by atoms with Crippen LogP contribution in [0.1, 0.15) is 45.4 Å². The molecule has 3 amide bonds. The van der Waals surface area contributed by atoms with E-state index < -0.39 is 17.9 Å². The first kappa shape index (κ1) is 14.5. The van der Waals surface area contributed by atoms with Gasteiger partial charge in [0.1, 0.15) is 0 Å². The Balaban J connectivity index is 2.17. The van der Waals surface area contributed by atoms with E-state index in [1.54, 1.807) is 0 Å². The number of nitrogens with one attached hydrogen (secondary N) is 2. The highest BCUT2D eigenvalue weighted by Crippen LogP contribution is 2.48. The van der Waals surface area contributed by atoms with E-state index in [9.17, 15) is 14.4 Å². The fourth-order valence-corrected chi connectivity index (χ4v) is 1.94. The molecule has 0 aromatic heterocycles. The normalized spacial score (nSPS) is 15.8. The summed E-state index contributed by atoms with van der Waals surface area (Å²) in [4.78, 5) is 32.8. The minimum atomic E-state index is -1.05. The third kappa shape index (κ3) is 5.16. The second-order valence-electron chi connectivity index (χ2n) is 4.87. The van der Waals surface area contributed by atoms with Gasteiger partial charge in [-0.1, -0.05) is 13.3 Å². The molecule has 0 saturated heterocycles. The van der Waals surface area contributed by atoms with E-state index in [1.807, 2.05) is 0 Å². The smallest absolute Gasteiger partial charge is 0.321 e. The average molecular weight is 256 g/mol. The first-order valence-electron chi connectivity index (χ1n) is 6.27. The molecule has 0 aliphatic heterocycles. The molecule has 18 heavy (non-hydrogen) atoms. The third-order valence-electron chi connectivity index (χ3n) is 3.18. The molecule has 6 nitrogen and oxygen atoms in total. The van der Waals surface area contributed by atoms with E-state index in [0.717, 1.165) is 25.7 Å². The van der Waals surface area contributed by atoms with Gasteiger partial charge in [0.15, 0.2) is 0 Å². The first-order valence-corrected chi connectivity index (χ1v) is 6.27. The topological polar surface area (TPSA) is 95.5 Å². The van der Waals surface area contributed by atoms with E-state index in [4.69, 9.17) is 5.11 Å². The fourth-order valence-electron chi connectivity index (χ4n) is 1.94. The van der Waals surface area contributed by atoms with Crippen molar-refractivity contribution in [2.75, 3.05) is 6.54 Å². The Hall–Kier alpha value is -1.59. The second-order valence-corrected chi connectivity index (χ2v) is 4.87. The van der Waals surface area contributed by atoms with Crippen molar-refractivity contribution in [2.45, 2.75) is 45.4 Å². The number of rotatable bonds is 7. The molecule has 6 heteroatoms. The van der Waals surface area contributed by atoms with Crippen molar-refractivity contribution in [1.29, 1.82) is 0 Å². The molecule has 1 aliphatic carbocycles. The Morgan fingerprint density at radius 1 is 1.22 bits per heavy atom. The van der Waals surface area contributed by atoms with Gasteiger partial charge in [-0.3, -0.25) is 14.9 Å². The second kappa shape index (κ2) is 6.37. The summed E-state index contributed by atoms with van der Waals surface area (Å²) in [5, 5.41) is 13.2. The maximum Gasteiger partial charge on any atom is 0.321 e. The van der Waals surface area contributed by atoms with Gasteiger partial charge in [-0.2, -0.15) is 0 Å². The maximum atomic E-state index is 11.4. The van der Waals surface area contributed by atoms with Crippen LogP contribution in [0.3, 0.4) is 0 Å². The lowest BCUT2D eigenvalue weighted by atomic mass is 10.0. The van der Waals surface area contributed by atoms with Gasteiger partial charge >= 0.3 is 12.0 Å². The summed E-state index contributed by atoms with van der Waals surface area (Å²) in [5.74, 6) is -1.61. The van der Waals surface area contributed by atoms with Crippen LogP contribution in [-0.2, 0) is 9.59 Å². The lowest BCUT2D eigenvalue weighted by molar-refractivity contribution is -0.138. The van der Waals surface area contributed by atoms with Gasteiger partial charge in [-0.05, 0) is 24.7 Å². The average Bonchev–Trinajstić information content (AvgIpc) is 3.05. The third-order valence-corrected chi connectivity index (χ3v) is 3.18. The predicted octanol–water partition coefficient (Wildman–Crippen LogP) is 1.26. The summed E-state index contributed by atoms with van der Waals surface area (Å²) in [7, 11) is 0. The van der Waals surface area contributed by atoms with E-state index >= 15 is 0 Å². The lowest BCUT2D eigenvalue weighted by Crippen LogP contribution is -2.41. The quantitative estimate of drug-likeness (QED) is 0.639. The number of urea groups is 1. The van der Waals surface area contributed by atoms with Crippen LogP contribution in [0, 0.1) is 5.41 Å². The highest BCUT2D eigenvalue weighted by Gasteiger charge is 2.41. The molecule has 0 bridgehead atoms. The van der Waals surface area contributed by atoms with Gasteiger partial charge in [0.05, 0.1) is 6.42 Å². The summed E-state index contributed by atoms with van der Waals surface area (Å²) in [6.45, 7) is 2.69. The van der Waals surface area contributed by atoms with Gasteiger partial charge < -0.3 is 10.4 Å². The maximum absolute atomic E-state index is 11.4. The van der Waals surface area contributed by atoms with Crippen molar-refractivity contribution in [3.8, 4) is 0 Å². The zero-order valence-electron chi connectivity index (χ0n) is 10.6. The van der Waals surface area contributed by atoms with Gasteiger partial charge in [-0.15, -0.1) is 0 Å². The number of carbonyl (C=O) groups excluding carboxylic acids is 2. The Bertz CT molecular complexity index is 337. The molecule has 0 atom stereocenters. The molecule has 0 radical (unpaired) electrons. The van der Waals surface area contributed by atoms with Crippen LogP contribution in [0.4, 0.5) is 4.79 Å². The number of aliphatic carboxylic acids is 1. The minimum Gasteiger partial charge on any atom is -0.481 e. The van der Waals surface area contributed by atoms with Crippen LogP contribution in [0.25, 0.3) is 0 Å². The molecule has 1 fully saturated rings. The summed E-state index contributed by atoms with van der Waals surface area (Å²) in [5.41, 5.74) is 0.232. The molecule has 3 N–H and O–H groups in total. The highest BCUT2D eigenvalue weighted by molar-refractivity contribution is 5.95. The Morgan fingerprint density at radius 3 is 2.39 bits per heavy atom. The van der Waals surface area contributed by atoms with E-state index in [-0.39, 0.29) is 18.3 Å². The van der Waals surface area contributed by atoms with Crippen molar-refractivity contribution in [3.63, 3.8) is 0 Å². The molecule has 1 rings (SSSR count). The Labute approximate surface area is 106 Å². The molecule has 1 saturated carbocycles. The number of hydrogen-bond donors (Lipinski definition) is 3. The van der Waals surface area contributed by atoms with Crippen molar-refractivity contribution in [2.24, 2.45) is 5.41 Å². The minimum absolute atomic E-state index is 0.178. The number of hydrogen-bond acceptors (Lipinski definition) is 3. The van der Waals surface area contributed by atoms with Crippen LogP contribution >= 0.6 is 0 Å². The number of imide groups is 1. The van der Waals surface area contributed by atoms with Crippen LogP contribution in [0.15, 0.2) is 0 Å². The molecule has 1 aliphatic rings. The SMILES string of the molecule is CCCC1(CNC(=O)NC(=O)CCC(=O)O)CC1. The molecule has 0 heterocycles.